The fraction of sp³-hybridized carbons (Fsp3) is 0.105. The zero-order valence-electron chi connectivity index (χ0n) is 12.9. The summed E-state index contributed by atoms with van der Waals surface area (Å²) in [4.78, 5) is 12.1. The average molecular weight is 301 g/mol. The predicted octanol–water partition coefficient (Wildman–Crippen LogP) is 3.92. The number of aromatic nitrogens is 2. The average Bonchev–Trinajstić information content (AvgIpc) is 2.96. The number of carbonyl (C=O) groups is 1. The van der Waals surface area contributed by atoms with Crippen molar-refractivity contribution in [1.29, 1.82) is 5.26 Å². The maximum atomic E-state index is 12.1. The van der Waals surface area contributed by atoms with Gasteiger partial charge in [-0.2, -0.15) is 10.4 Å². The number of hydrogen-bond acceptors (Lipinski definition) is 3. The first-order valence-electron chi connectivity index (χ1n) is 7.28. The molecule has 0 atom stereocenters. The molecule has 0 saturated heterocycles. The van der Waals surface area contributed by atoms with Gasteiger partial charge in [0.05, 0.1) is 5.69 Å². The Morgan fingerprint density at radius 3 is 2.30 bits per heavy atom. The topological polar surface area (TPSA) is 58.7 Å². The van der Waals surface area contributed by atoms with Gasteiger partial charge in [0.25, 0.3) is 0 Å². The van der Waals surface area contributed by atoms with Gasteiger partial charge in [-0.1, -0.05) is 48.0 Å². The maximum Gasteiger partial charge on any atom is 0.179 e. The summed E-state index contributed by atoms with van der Waals surface area (Å²) in [5.74, 6) is -0.184. The summed E-state index contributed by atoms with van der Waals surface area (Å²) in [5, 5.41) is 14.1. The Morgan fingerprint density at radius 1 is 1.09 bits per heavy atom. The zero-order valence-corrected chi connectivity index (χ0v) is 12.9. The third-order valence-corrected chi connectivity index (χ3v) is 3.66. The van der Waals surface area contributed by atoms with Crippen LogP contribution in [0.4, 0.5) is 0 Å². The molecule has 3 aromatic rings. The first kappa shape index (κ1) is 14.7. The zero-order chi connectivity index (χ0) is 16.4. The summed E-state index contributed by atoms with van der Waals surface area (Å²) in [6, 6.07) is 19.3. The molecule has 23 heavy (non-hydrogen) atoms. The van der Waals surface area contributed by atoms with Crippen molar-refractivity contribution in [2.45, 2.75) is 13.8 Å². The third kappa shape index (κ3) is 2.65. The second-order valence-corrected chi connectivity index (χ2v) is 5.35. The Morgan fingerprint density at radius 2 is 1.74 bits per heavy atom. The monoisotopic (exact) mass is 301 g/mol. The summed E-state index contributed by atoms with van der Waals surface area (Å²) in [6.45, 7) is 3.45. The van der Waals surface area contributed by atoms with Gasteiger partial charge in [-0.25, -0.2) is 4.68 Å². The molecule has 0 radical (unpaired) electrons. The molecule has 0 fully saturated rings. The van der Waals surface area contributed by atoms with Crippen molar-refractivity contribution in [3.63, 3.8) is 0 Å². The number of aryl methyl sites for hydroxylation is 1. The minimum Gasteiger partial charge on any atom is -0.293 e. The van der Waals surface area contributed by atoms with Crippen LogP contribution in [0.1, 0.15) is 28.5 Å². The summed E-state index contributed by atoms with van der Waals surface area (Å²) < 4.78 is 1.55. The Balaban J connectivity index is 2.28. The van der Waals surface area contributed by atoms with Crippen molar-refractivity contribution in [1.82, 2.24) is 9.78 Å². The van der Waals surface area contributed by atoms with Crippen LogP contribution in [0.2, 0.25) is 0 Å². The normalized spacial score (nSPS) is 10.3. The fourth-order valence-electron chi connectivity index (χ4n) is 2.52. The molecule has 0 N–H and O–H groups in total. The van der Waals surface area contributed by atoms with Crippen LogP contribution in [-0.4, -0.2) is 15.6 Å². The van der Waals surface area contributed by atoms with Crippen LogP contribution in [-0.2, 0) is 0 Å². The van der Waals surface area contributed by atoms with Gasteiger partial charge in [0.15, 0.2) is 5.78 Å². The largest absolute Gasteiger partial charge is 0.293 e. The highest BCUT2D eigenvalue weighted by atomic mass is 16.1. The van der Waals surface area contributed by atoms with E-state index < -0.39 is 0 Å². The number of benzene rings is 2. The fourth-order valence-corrected chi connectivity index (χ4v) is 2.52. The molecule has 0 saturated carbocycles. The summed E-state index contributed by atoms with van der Waals surface area (Å²) >= 11 is 0. The van der Waals surface area contributed by atoms with Crippen molar-refractivity contribution in [3.05, 3.63) is 71.4 Å². The summed E-state index contributed by atoms with van der Waals surface area (Å²) in [5.41, 5.74) is 3.86. The first-order valence-corrected chi connectivity index (χ1v) is 7.28. The second-order valence-electron chi connectivity index (χ2n) is 5.35. The van der Waals surface area contributed by atoms with E-state index in [1.54, 1.807) is 4.68 Å². The van der Waals surface area contributed by atoms with Gasteiger partial charge in [0.2, 0.25) is 0 Å². The Kier molecular flexibility index (Phi) is 3.78. The van der Waals surface area contributed by atoms with E-state index >= 15 is 0 Å². The molecule has 0 amide bonds. The smallest absolute Gasteiger partial charge is 0.179 e. The highest BCUT2D eigenvalue weighted by molar-refractivity contribution is 5.97. The van der Waals surface area contributed by atoms with Crippen LogP contribution in [0.5, 0.6) is 0 Å². The van der Waals surface area contributed by atoms with E-state index in [1.165, 1.54) is 6.92 Å². The van der Waals surface area contributed by atoms with E-state index in [-0.39, 0.29) is 5.78 Å². The van der Waals surface area contributed by atoms with Crippen molar-refractivity contribution in [2.24, 2.45) is 0 Å². The van der Waals surface area contributed by atoms with E-state index in [1.807, 2.05) is 61.5 Å². The van der Waals surface area contributed by atoms with Gasteiger partial charge < -0.3 is 0 Å². The van der Waals surface area contributed by atoms with E-state index in [2.05, 4.69) is 11.2 Å². The van der Waals surface area contributed by atoms with E-state index in [0.717, 1.165) is 16.8 Å². The van der Waals surface area contributed by atoms with E-state index in [0.29, 0.717) is 17.0 Å². The lowest BCUT2D eigenvalue weighted by molar-refractivity contribution is 0.101. The highest BCUT2D eigenvalue weighted by Gasteiger charge is 2.22. The summed E-state index contributed by atoms with van der Waals surface area (Å²) in [7, 11) is 0. The van der Waals surface area contributed by atoms with Crippen LogP contribution in [0.25, 0.3) is 16.9 Å². The second kappa shape index (κ2) is 5.90. The molecule has 4 nitrogen and oxygen atoms in total. The van der Waals surface area contributed by atoms with Gasteiger partial charge >= 0.3 is 0 Å². The van der Waals surface area contributed by atoms with Crippen LogP contribution < -0.4 is 0 Å². The van der Waals surface area contributed by atoms with Crippen LogP contribution in [0, 0.1) is 18.3 Å². The van der Waals surface area contributed by atoms with E-state index in [4.69, 9.17) is 0 Å². The highest BCUT2D eigenvalue weighted by Crippen LogP contribution is 2.27. The number of carbonyl (C=O) groups excluding carboxylic acids is 1. The van der Waals surface area contributed by atoms with Gasteiger partial charge in [0, 0.05) is 12.5 Å². The van der Waals surface area contributed by atoms with Crippen molar-refractivity contribution < 1.29 is 4.79 Å². The lowest BCUT2D eigenvalue weighted by Crippen LogP contribution is -2.07. The number of ketones is 1. The maximum absolute atomic E-state index is 12.1. The number of rotatable bonds is 3. The number of Topliss-reactive ketones (excluding diaryl/α,β-unsaturated/α-hetero) is 1. The van der Waals surface area contributed by atoms with Gasteiger partial charge in [0.1, 0.15) is 23.0 Å². The van der Waals surface area contributed by atoms with Crippen LogP contribution in [0.3, 0.4) is 0 Å². The summed E-state index contributed by atoms with van der Waals surface area (Å²) in [6.07, 6.45) is 0. The lowest BCUT2D eigenvalue weighted by atomic mass is 10.0. The molecule has 0 aliphatic heterocycles. The third-order valence-electron chi connectivity index (χ3n) is 3.66. The molecule has 0 unspecified atom stereocenters. The molecule has 112 valence electrons. The molecular formula is C19H15N3O. The molecule has 3 rings (SSSR count). The van der Waals surface area contributed by atoms with E-state index in [9.17, 15) is 10.1 Å². The Labute approximate surface area is 134 Å². The minimum absolute atomic E-state index is 0.184. The molecule has 0 spiro atoms. The molecule has 0 bridgehead atoms. The molecular weight excluding hydrogens is 286 g/mol. The predicted molar refractivity (Wildman–Crippen MR) is 88.5 cm³/mol. The SMILES string of the molecule is CC(=O)c1c(C#N)c(-c2ccc(C)cc2)nn1-c1ccccc1. The number of hydrogen-bond donors (Lipinski definition) is 0. The van der Waals surface area contributed by atoms with Gasteiger partial charge in [-0.3, -0.25) is 4.79 Å². The number of para-hydroxylation sites is 1. The van der Waals surface area contributed by atoms with Crippen LogP contribution >= 0.6 is 0 Å². The Hall–Kier alpha value is -3.19. The van der Waals surface area contributed by atoms with Gasteiger partial charge in [-0.15, -0.1) is 0 Å². The molecule has 1 aromatic heterocycles. The van der Waals surface area contributed by atoms with Crippen molar-refractivity contribution >= 4 is 5.78 Å². The molecule has 2 aromatic carbocycles. The lowest BCUT2D eigenvalue weighted by Gasteiger charge is -2.04. The van der Waals surface area contributed by atoms with Crippen LogP contribution in [0.15, 0.2) is 54.6 Å². The molecule has 0 aliphatic rings. The quantitative estimate of drug-likeness (QED) is 0.689. The molecule has 0 aliphatic carbocycles. The molecule has 1 heterocycles. The minimum atomic E-state index is -0.184. The molecule has 4 heteroatoms. The number of nitrogens with zero attached hydrogens (tertiary/aromatic N) is 3. The standard InChI is InChI=1S/C19H15N3O/c1-13-8-10-15(11-9-13)18-17(12-20)19(14(2)23)22(21-18)16-6-4-3-5-7-16/h3-11H,1-2H3. The van der Waals surface area contributed by atoms with Crippen molar-refractivity contribution in [2.75, 3.05) is 0 Å². The number of nitriles is 1. The van der Waals surface area contributed by atoms with Crippen molar-refractivity contribution in [3.8, 4) is 23.0 Å². The first-order chi connectivity index (χ1) is 11.1. The van der Waals surface area contributed by atoms with Gasteiger partial charge in [-0.05, 0) is 19.1 Å². The Bertz CT molecular complexity index is 900.